The lowest BCUT2D eigenvalue weighted by molar-refractivity contribution is -0.159. The minimum absolute atomic E-state index is 0.107. The number of anilines is 1. The summed E-state index contributed by atoms with van der Waals surface area (Å²) in [6, 6.07) is 15.5. The Morgan fingerprint density at radius 3 is 2.72 bits per heavy atom. The maximum absolute atomic E-state index is 13.2. The molecule has 4 rings (SSSR count). The normalized spacial score (nSPS) is 25.5. The zero-order chi connectivity index (χ0) is 17.4. The molecule has 0 saturated carbocycles. The Hall–Kier alpha value is -2.14. The van der Waals surface area contributed by atoms with Gasteiger partial charge >= 0.3 is 6.11 Å². The Morgan fingerprint density at radius 2 is 1.96 bits per heavy atom. The lowest BCUT2D eigenvalue weighted by Crippen LogP contribution is -2.36. The van der Waals surface area contributed by atoms with E-state index >= 15 is 0 Å². The number of nitrogens with one attached hydrogen (secondary N) is 1. The fourth-order valence-electron chi connectivity index (χ4n) is 3.91. The molecule has 0 radical (unpaired) electrons. The van der Waals surface area contributed by atoms with Crippen molar-refractivity contribution in [3.63, 3.8) is 0 Å². The van der Waals surface area contributed by atoms with Gasteiger partial charge in [0.05, 0.1) is 12.1 Å². The summed E-state index contributed by atoms with van der Waals surface area (Å²) < 4.78 is 37.2. The van der Waals surface area contributed by atoms with Gasteiger partial charge in [0.15, 0.2) is 0 Å². The summed E-state index contributed by atoms with van der Waals surface area (Å²) in [5.41, 5.74) is 3.04. The first-order valence-corrected chi connectivity index (χ1v) is 8.65. The minimum Gasteiger partial charge on any atom is -0.433 e. The van der Waals surface area contributed by atoms with Gasteiger partial charge in [-0.25, -0.2) is 0 Å². The van der Waals surface area contributed by atoms with Gasteiger partial charge in [-0.05, 0) is 36.6 Å². The van der Waals surface area contributed by atoms with Gasteiger partial charge in [0.1, 0.15) is 5.75 Å². The molecule has 0 aliphatic carbocycles. The molecular formula is C20H21F2NO2. The van der Waals surface area contributed by atoms with Crippen molar-refractivity contribution in [2.24, 2.45) is 5.92 Å². The van der Waals surface area contributed by atoms with E-state index in [4.69, 9.17) is 9.47 Å². The first-order valence-electron chi connectivity index (χ1n) is 8.65. The molecule has 0 aromatic heterocycles. The van der Waals surface area contributed by atoms with Crippen LogP contribution < -0.4 is 10.1 Å². The summed E-state index contributed by atoms with van der Waals surface area (Å²) in [5, 5.41) is 3.58. The van der Waals surface area contributed by atoms with Crippen LogP contribution >= 0.6 is 0 Å². The van der Waals surface area contributed by atoms with E-state index < -0.39 is 6.11 Å². The van der Waals surface area contributed by atoms with Gasteiger partial charge in [0.2, 0.25) is 0 Å². The van der Waals surface area contributed by atoms with Crippen molar-refractivity contribution in [2.75, 3.05) is 11.9 Å². The van der Waals surface area contributed by atoms with Gasteiger partial charge in [-0.3, -0.25) is 0 Å². The second-order valence-electron chi connectivity index (χ2n) is 6.79. The number of ether oxygens (including phenoxy) is 2. The summed E-state index contributed by atoms with van der Waals surface area (Å²) in [6.07, 6.45) is -1.27. The molecule has 1 saturated heterocycles. The van der Waals surface area contributed by atoms with Crippen LogP contribution in [0.3, 0.4) is 0 Å². The highest BCUT2D eigenvalue weighted by atomic mass is 19.3. The van der Waals surface area contributed by atoms with Crippen LogP contribution in [0, 0.1) is 5.92 Å². The average molecular weight is 345 g/mol. The zero-order valence-electron chi connectivity index (χ0n) is 14.0. The van der Waals surface area contributed by atoms with Crippen LogP contribution in [0.5, 0.6) is 5.75 Å². The van der Waals surface area contributed by atoms with Crippen molar-refractivity contribution < 1.29 is 18.3 Å². The number of rotatable bonds is 3. The Kier molecular flexibility index (Phi) is 4.12. The highest BCUT2D eigenvalue weighted by Crippen LogP contribution is 2.49. The van der Waals surface area contributed by atoms with Crippen molar-refractivity contribution in [3.8, 4) is 5.75 Å². The number of hydrogen-bond acceptors (Lipinski definition) is 3. The topological polar surface area (TPSA) is 30.5 Å². The molecule has 1 N–H and O–H groups in total. The van der Waals surface area contributed by atoms with Gasteiger partial charge in [0.25, 0.3) is 0 Å². The number of benzene rings is 2. The quantitative estimate of drug-likeness (QED) is 0.817. The molecule has 2 aliphatic rings. The van der Waals surface area contributed by atoms with E-state index in [1.165, 1.54) is 5.56 Å². The van der Waals surface area contributed by atoms with Crippen molar-refractivity contribution >= 4 is 5.69 Å². The van der Waals surface area contributed by atoms with Gasteiger partial charge in [0, 0.05) is 30.7 Å². The number of fused-ring (bicyclic) bond motifs is 3. The Labute approximate surface area is 146 Å². The smallest absolute Gasteiger partial charge is 0.394 e. The van der Waals surface area contributed by atoms with Crippen LogP contribution in [0.1, 0.15) is 43.0 Å². The van der Waals surface area contributed by atoms with E-state index in [-0.39, 0.29) is 23.8 Å². The van der Waals surface area contributed by atoms with E-state index in [2.05, 4.69) is 17.4 Å². The van der Waals surface area contributed by atoms with Crippen LogP contribution in [-0.4, -0.2) is 12.7 Å². The van der Waals surface area contributed by atoms with Crippen LogP contribution in [0.25, 0.3) is 0 Å². The highest BCUT2D eigenvalue weighted by Gasteiger charge is 2.40. The minimum atomic E-state index is -3.20. The molecule has 25 heavy (non-hydrogen) atoms. The van der Waals surface area contributed by atoms with E-state index in [1.807, 2.05) is 18.2 Å². The van der Waals surface area contributed by atoms with Gasteiger partial charge in [-0.2, -0.15) is 8.78 Å². The van der Waals surface area contributed by atoms with Crippen LogP contribution in [0.2, 0.25) is 0 Å². The zero-order valence-corrected chi connectivity index (χ0v) is 14.0. The first kappa shape index (κ1) is 16.3. The molecule has 0 bridgehead atoms. The van der Waals surface area contributed by atoms with Crippen LogP contribution in [-0.2, 0) is 4.74 Å². The van der Waals surface area contributed by atoms with E-state index in [1.54, 1.807) is 18.2 Å². The largest absolute Gasteiger partial charge is 0.433 e. The summed E-state index contributed by atoms with van der Waals surface area (Å²) in [5.74, 6) is 0.431. The third-order valence-corrected chi connectivity index (χ3v) is 4.89. The lowest BCUT2D eigenvalue weighted by Gasteiger charge is -2.43. The predicted molar refractivity (Wildman–Crippen MR) is 91.9 cm³/mol. The fraction of sp³-hybridized carbons (Fsp3) is 0.400. The molecule has 5 heteroatoms. The first-order chi connectivity index (χ1) is 12.0. The number of alkyl halides is 2. The molecule has 2 aromatic rings. The van der Waals surface area contributed by atoms with Gasteiger partial charge < -0.3 is 14.8 Å². The van der Waals surface area contributed by atoms with Crippen LogP contribution in [0.4, 0.5) is 14.5 Å². The standard InChI is InChI=1S/C20H21F2NO2/c1-20(21,22)25-14-9-10-17-16(12-14)19-15(8-5-11-24-19)18(23-17)13-6-3-2-4-7-13/h2-4,6-7,9-10,12,15,18-19,23H,5,8,11H2,1H3. The molecule has 0 amide bonds. The Balaban J connectivity index is 1.71. The van der Waals surface area contributed by atoms with Gasteiger partial charge in [-0.15, -0.1) is 0 Å². The molecular weight excluding hydrogens is 324 g/mol. The fourth-order valence-corrected chi connectivity index (χ4v) is 3.91. The lowest BCUT2D eigenvalue weighted by atomic mass is 9.77. The molecule has 3 nitrogen and oxygen atoms in total. The number of halogens is 2. The molecule has 2 heterocycles. The number of hydrogen-bond donors (Lipinski definition) is 1. The summed E-state index contributed by atoms with van der Waals surface area (Å²) in [7, 11) is 0. The highest BCUT2D eigenvalue weighted by molar-refractivity contribution is 5.59. The predicted octanol–water partition coefficient (Wildman–Crippen LogP) is 5.31. The summed E-state index contributed by atoms with van der Waals surface area (Å²) in [4.78, 5) is 0. The summed E-state index contributed by atoms with van der Waals surface area (Å²) in [6.45, 7) is 1.44. The van der Waals surface area contributed by atoms with Crippen molar-refractivity contribution in [3.05, 3.63) is 59.7 Å². The second kappa shape index (κ2) is 6.30. The average Bonchev–Trinajstić information content (AvgIpc) is 2.60. The molecule has 1 fully saturated rings. The van der Waals surface area contributed by atoms with E-state index in [9.17, 15) is 8.78 Å². The third kappa shape index (κ3) is 3.33. The van der Waals surface area contributed by atoms with Crippen molar-refractivity contribution in [1.29, 1.82) is 0 Å². The molecule has 2 aliphatic heterocycles. The van der Waals surface area contributed by atoms with E-state index in [0.717, 1.165) is 31.0 Å². The molecule has 3 atom stereocenters. The SMILES string of the molecule is CC(F)(F)Oc1ccc2c(c1)C1OCCCC1C(c1ccccc1)N2. The van der Waals surface area contributed by atoms with E-state index in [0.29, 0.717) is 6.61 Å². The van der Waals surface area contributed by atoms with Crippen molar-refractivity contribution in [2.45, 2.75) is 38.0 Å². The van der Waals surface area contributed by atoms with Crippen molar-refractivity contribution in [1.82, 2.24) is 0 Å². The van der Waals surface area contributed by atoms with Crippen LogP contribution in [0.15, 0.2) is 48.5 Å². The molecule has 132 valence electrons. The molecule has 0 spiro atoms. The maximum atomic E-state index is 13.2. The Bertz CT molecular complexity index is 745. The molecule has 2 aromatic carbocycles. The Morgan fingerprint density at radius 1 is 1.16 bits per heavy atom. The monoisotopic (exact) mass is 345 g/mol. The third-order valence-electron chi connectivity index (χ3n) is 4.89. The second-order valence-corrected chi connectivity index (χ2v) is 6.79. The summed E-state index contributed by atoms with van der Waals surface area (Å²) >= 11 is 0. The molecule has 3 unspecified atom stereocenters. The van der Waals surface area contributed by atoms with Gasteiger partial charge in [-0.1, -0.05) is 30.3 Å². The maximum Gasteiger partial charge on any atom is 0.394 e.